The number of nitrogens with zero attached hydrogens (tertiary/aromatic N) is 1. The van der Waals surface area contributed by atoms with Crippen LogP contribution in [-0.2, 0) is 16.0 Å². The van der Waals surface area contributed by atoms with E-state index < -0.39 is 16.9 Å². The fourth-order valence-electron chi connectivity index (χ4n) is 2.03. The van der Waals surface area contributed by atoms with Gasteiger partial charge in [-0.1, -0.05) is 17.3 Å². The van der Waals surface area contributed by atoms with E-state index in [-0.39, 0.29) is 12.3 Å². The van der Waals surface area contributed by atoms with E-state index in [2.05, 4.69) is 10.5 Å². The van der Waals surface area contributed by atoms with Crippen molar-refractivity contribution in [1.29, 1.82) is 0 Å². The lowest BCUT2D eigenvalue weighted by Gasteiger charge is -2.38. The van der Waals surface area contributed by atoms with Crippen molar-refractivity contribution in [2.24, 2.45) is 5.41 Å². The minimum Gasteiger partial charge on any atom is -0.481 e. The molecule has 0 unspecified atom stereocenters. The molecule has 22 heavy (non-hydrogen) atoms. The van der Waals surface area contributed by atoms with Gasteiger partial charge in [0.05, 0.1) is 11.8 Å². The number of carbonyl (C=O) groups excluding carboxylic acids is 1. The van der Waals surface area contributed by atoms with Gasteiger partial charge in [-0.25, -0.2) is 0 Å². The molecule has 0 radical (unpaired) electrons. The minimum absolute atomic E-state index is 0.0378. The average Bonchev–Trinajstić information content (AvgIpc) is 2.81. The zero-order valence-corrected chi connectivity index (χ0v) is 13.1. The molecule has 1 aromatic carbocycles. The number of benzene rings is 1. The van der Waals surface area contributed by atoms with Crippen molar-refractivity contribution in [2.75, 3.05) is 0 Å². The Morgan fingerprint density at radius 1 is 1.23 bits per heavy atom. The van der Waals surface area contributed by atoms with E-state index in [4.69, 9.17) is 4.52 Å². The van der Waals surface area contributed by atoms with Gasteiger partial charge in [-0.15, -0.1) is 0 Å². The highest BCUT2D eigenvalue weighted by atomic mass is 16.5. The molecule has 0 saturated heterocycles. The molecule has 0 saturated carbocycles. The smallest absolute Gasteiger partial charge is 0.311 e. The number of aromatic nitrogens is 1. The van der Waals surface area contributed by atoms with E-state index in [1.165, 1.54) is 0 Å². The minimum atomic E-state index is -1.10. The van der Waals surface area contributed by atoms with E-state index in [9.17, 15) is 14.7 Å². The van der Waals surface area contributed by atoms with Gasteiger partial charge in [-0.3, -0.25) is 9.59 Å². The second-order valence-corrected chi connectivity index (χ2v) is 6.41. The van der Waals surface area contributed by atoms with Gasteiger partial charge in [-0.2, -0.15) is 0 Å². The van der Waals surface area contributed by atoms with Crippen LogP contribution in [0.25, 0.3) is 11.0 Å². The molecule has 0 bridgehead atoms. The van der Waals surface area contributed by atoms with Crippen LogP contribution in [0.5, 0.6) is 0 Å². The van der Waals surface area contributed by atoms with Gasteiger partial charge < -0.3 is 14.9 Å². The van der Waals surface area contributed by atoms with Crippen LogP contribution < -0.4 is 5.32 Å². The SMILES string of the molecule is CC(C)(NC(=O)Cc1noc2ccccc12)C(C)(C)C(=O)O. The first kappa shape index (κ1) is 16.0. The van der Waals surface area contributed by atoms with E-state index in [1.807, 2.05) is 18.2 Å². The summed E-state index contributed by atoms with van der Waals surface area (Å²) in [7, 11) is 0. The summed E-state index contributed by atoms with van der Waals surface area (Å²) in [6.45, 7) is 6.56. The second kappa shape index (κ2) is 5.44. The van der Waals surface area contributed by atoms with Crippen molar-refractivity contribution in [3.63, 3.8) is 0 Å². The molecule has 1 aromatic heterocycles. The van der Waals surface area contributed by atoms with Crippen LogP contribution >= 0.6 is 0 Å². The summed E-state index contributed by atoms with van der Waals surface area (Å²) < 4.78 is 5.16. The summed E-state index contributed by atoms with van der Waals surface area (Å²) in [5.41, 5.74) is -0.850. The standard InChI is InChI=1S/C16H20N2O4/c1-15(2,14(20)21)16(3,4)17-13(19)9-11-10-7-5-6-8-12(10)22-18-11/h5-8H,9H2,1-4H3,(H,17,19)(H,20,21). The van der Waals surface area contributed by atoms with Crippen LogP contribution in [0.2, 0.25) is 0 Å². The number of amides is 1. The fourth-order valence-corrected chi connectivity index (χ4v) is 2.03. The lowest BCUT2D eigenvalue weighted by atomic mass is 9.74. The molecule has 0 spiro atoms. The van der Waals surface area contributed by atoms with E-state index in [0.29, 0.717) is 11.3 Å². The molecule has 118 valence electrons. The first-order chi connectivity index (χ1) is 10.1. The summed E-state index contributed by atoms with van der Waals surface area (Å²) in [5, 5.41) is 16.8. The molecule has 2 aromatic rings. The van der Waals surface area contributed by atoms with Crippen LogP contribution in [0.1, 0.15) is 33.4 Å². The van der Waals surface area contributed by atoms with E-state index in [1.54, 1.807) is 33.8 Å². The van der Waals surface area contributed by atoms with Crippen molar-refractivity contribution in [2.45, 2.75) is 39.7 Å². The molecule has 1 heterocycles. The summed E-state index contributed by atoms with van der Waals surface area (Å²) in [5.74, 6) is -1.26. The van der Waals surface area contributed by atoms with Gasteiger partial charge in [0.2, 0.25) is 5.91 Å². The number of nitrogens with one attached hydrogen (secondary N) is 1. The molecule has 2 rings (SSSR count). The van der Waals surface area contributed by atoms with Gasteiger partial charge in [0.15, 0.2) is 5.58 Å². The predicted molar refractivity (Wildman–Crippen MR) is 81.4 cm³/mol. The monoisotopic (exact) mass is 304 g/mol. The van der Waals surface area contributed by atoms with Gasteiger partial charge in [0.1, 0.15) is 5.69 Å². The quantitative estimate of drug-likeness (QED) is 0.884. The van der Waals surface area contributed by atoms with Crippen molar-refractivity contribution >= 4 is 22.8 Å². The number of hydrogen-bond acceptors (Lipinski definition) is 4. The summed E-state index contributed by atoms with van der Waals surface area (Å²) in [6, 6.07) is 7.29. The summed E-state index contributed by atoms with van der Waals surface area (Å²) >= 11 is 0. The van der Waals surface area contributed by atoms with Gasteiger partial charge in [0.25, 0.3) is 0 Å². The third-order valence-electron chi connectivity index (χ3n) is 4.33. The molecule has 6 nitrogen and oxygen atoms in total. The Morgan fingerprint density at radius 3 is 2.50 bits per heavy atom. The topological polar surface area (TPSA) is 92.4 Å². The number of rotatable bonds is 5. The molecule has 0 fully saturated rings. The largest absolute Gasteiger partial charge is 0.481 e. The first-order valence-corrected chi connectivity index (χ1v) is 7.03. The van der Waals surface area contributed by atoms with Crippen molar-refractivity contribution < 1.29 is 19.2 Å². The molecule has 2 N–H and O–H groups in total. The Morgan fingerprint density at radius 2 is 1.86 bits per heavy atom. The third-order valence-corrected chi connectivity index (χ3v) is 4.33. The molecule has 6 heteroatoms. The Labute approximate surface area is 128 Å². The highest BCUT2D eigenvalue weighted by molar-refractivity contribution is 5.87. The average molecular weight is 304 g/mol. The maximum absolute atomic E-state index is 12.3. The zero-order chi connectivity index (χ0) is 16.5. The maximum atomic E-state index is 12.3. The number of carboxylic acid groups (broad SMARTS) is 1. The Kier molecular flexibility index (Phi) is 3.96. The Hall–Kier alpha value is -2.37. The lowest BCUT2D eigenvalue weighted by Crippen LogP contribution is -2.57. The number of para-hydroxylation sites is 1. The first-order valence-electron chi connectivity index (χ1n) is 7.03. The predicted octanol–water partition coefficient (Wildman–Crippen LogP) is 2.38. The van der Waals surface area contributed by atoms with Crippen LogP contribution in [0.4, 0.5) is 0 Å². The number of hydrogen-bond donors (Lipinski definition) is 2. The van der Waals surface area contributed by atoms with Gasteiger partial charge in [-0.05, 0) is 39.8 Å². The highest BCUT2D eigenvalue weighted by Gasteiger charge is 2.44. The number of fused-ring (bicyclic) bond motifs is 1. The van der Waals surface area contributed by atoms with Crippen LogP contribution in [0, 0.1) is 5.41 Å². The molecule has 0 atom stereocenters. The summed E-state index contributed by atoms with van der Waals surface area (Å²) in [4.78, 5) is 23.6. The maximum Gasteiger partial charge on any atom is 0.311 e. The fraction of sp³-hybridized carbons (Fsp3) is 0.438. The molecular formula is C16H20N2O4. The molecule has 0 aliphatic carbocycles. The number of carbonyl (C=O) groups is 2. The summed E-state index contributed by atoms with van der Waals surface area (Å²) in [6.07, 6.45) is 0.0378. The molecular weight excluding hydrogens is 284 g/mol. The van der Waals surface area contributed by atoms with Gasteiger partial charge in [0, 0.05) is 10.9 Å². The Bertz CT molecular complexity index is 716. The van der Waals surface area contributed by atoms with Crippen molar-refractivity contribution in [3.8, 4) is 0 Å². The number of aliphatic carboxylic acids is 1. The van der Waals surface area contributed by atoms with Crippen LogP contribution in [0.3, 0.4) is 0 Å². The second-order valence-electron chi connectivity index (χ2n) is 6.41. The van der Waals surface area contributed by atoms with E-state index in [0.717, 1.165) is 5.39 Å². The zero-order valence-electron chi connectivity index (χ0n) is 13.1. The number of carboxylic acids is 1. The van der Waals surface area contributed by atoms with Crippen LogP contribution in [0.15, 0.2) is 28.8 Å². The molecule has 0 aliphatic heterocycles. The van der Waals surface area contributed by atoms with E-state index >= 15 is 0 Å². The van der Waals surface area contributed by atoms with Crippen molar-refractivity contribution in [1.82, 2.24) is 10.5 Å². The third kappa shape index (κ3) is 2.81. The molecule has 0 aliphatic rings. The van der Waals surface area contributed by atoms with Crippen LogP contribution in [-0.4, -0.2) is 27.7 Å². The highest BCUT2D eigenvalue weighted by Crippen LogP contribution is 2.30. The molecule has 1 amide bonds. The van der Waals surface area contributed by atoms with Gasteiger partial charge >= 0.3 is 5.97 Å². The lowest BCUT2D eigenvalue weighted by molar-refractivity contribution is -0.151. The normalized spacial score (nSPS) is 12.4. The Balaban J connectivity index is 2.15. The van der Waals surface area contributed by atoms with Crippen molar-refractivity contribution in [3.05, 3.63) is 30.0 Å².